The Bertz CT molecular complexity index is 788. The zero-order chi connectivity index (χ0) is 20.1. The van der Waals surface area contributed by atoms with Gasteiger partial charge in [-0.2, -0.15) is 0 Å². The average Bonchev–Trinajstić information content (AvgIpc) is 3.20. The zero-order valence-corrected chi connectivity index (χ0v) is 16.2. The Morgan fingerprint density at radius 2 is 2.14 bits per heavy atom. The van der Waals surface area contributed by atoms with Crippen molar-refractivity contribution in [3.8, 4) is 11.8 Å². The van der Waals surface area contributed by atoms with Gasteiger partial charge in [0.1, 0.15) is 12.2 Å². The van der Waals surface area contributed by atoms with Gasteiger partial charge < -0.3 is 14.6 Å². The molecule has 148 valence electrons. The van der Waals surface area contributed by atoms with Crippen LogP contribution in [0.25, 0.3) is 0 Å². The van der Waals surface area contributed by atoms with Crippen LogP contribution < -0.4 is 0 Å². The lowest BCUT2D eigenvalue weighted by molar-refractivity contribution is -0.141. The highest BCUT2D eigenvalue weighted by molar-refractivity contribution is 5.89. The summed E-state index contributed by atoms with van der Waals surface area (Å²) in [6, 6.07) is 8.84. The molecule has 0 spiro atoms. The van der Waals surface area contributed by atoms with Gasteiger partial charge in [0.05, 0.1) is 18.1 Å². The fraction of sp³-hybridized carbons (Fsp3) is 0.478. The Morgan fingerprint density at radius 1 is 1.39 bits per heavy atom. The average molecular weight is 382 g/mol. The summed E-state index contributed by atoms with van der Waals surface area (Å²) >= 11 is 0. The summed E-state index contributed by atoms with van der Waals surface area (Å²) in [6.45, 7) is 3.71. The van der Waals surface area contributed by atoms with Crippen LogP contribution in [0.2, 0.25) is 0 Å². The van der Waals surface area contributed by atoms with Crippen molar-refractivity contribution in [2.45, 2.75) is 51.4 Å². The third-order valence-corrected chi connectivity index (χ3v) is 5.53. The molecule has 3 rings (SSSR count). The summed E-state index contributed by atoms with van der Waals surface area (Å²) in [5.41, 5.74) is 0.492. The van der Waals surface area contributed by atoms with Crippen LogP contribution in [0.5, 0.6) is 0 Å². The number of hydrogen-bond donors (Lipinski definition) is 1. The number of carbonyl (C=O) groups excluding carboxylic acids is 2. The maximum Gasteiger partial charge on any atom is 0.338 e. The van der Waals surface area contributed by atoms with E-state index in [-0.39, 0.29) is 41.9 Å². The van der Waals surface area contributed by atoms with Gasteiger partial charge in [-0.05, 0) is 25.0 Å². The van der Waals surface area contributed by atoms with Crippen molar-refractivity contribution in [1.29, 1.82) is 0 Å². The first-order valence-electron chi connectivity index (χ1n) is 9.71. The molecule has 6 atom stereocenters. The predicted molar refractivity (Wildman–Crippen MR) is 104 cm³/mol. The fourth-order valence-electron chi connectivity index (χ4n) is 3.89. The minimum atomic E-state index is -0.650. The number of esters is 2. The van der Waals surface area contributed by atoms with Crippen LogP contribution >= 0.6 is 0 Å². The van der Waals surface area contributed by atoms with E-state index in [2.05, 4.69) is 11.8 Å². The van der Waals surface area contributed by atoms with E-state index in [0.717, 1.165) is 0 Å². The molecule has 1 heterocycles. The maximum atomic E-state index is 12.5. The van der Waals surface area contributed by atoms with E-state index >= 15 is 0 Å². The molecule has 5 heteroatoms. The SMILES string of the molecule is CC#CCC(C)[C@H](O)/C=C/[C@@H]1[C@H]2CC(=O)O[C@H]2C[C@H]1OC(=O)c1ccccc1. The molecular weight excluding hydrogens is 356 g/mol. The predicted octanol–water partition coefficient (Wildman–Crippen LogP) is 3.13. The van der Waals surface area contributed by atoms with Crippen LogP contribution in [-0.4, -0.2) is 35.4 Å². The Balaban J connectivity index is 1.71. The molecule has 1 N–H and O–H groups in total. The number of fused-ring (bicyclic) bond motifs is 1. The molecular formula is C23H26O5. The molecule has 0 amide bonds. The lowest BCUT2D eigenvalue weighted by atomic mass is 9.90. The monoisotopic (exact) mass is 382 g/mol. The van der Waals surface area contributed by atoms with Gasteiger partial charge in [0.25, 0.3) is 0 Å². The number of carbonyl (C=O) groups is 2. The second-order valence-electron chi connectivity index (χ2n) is 7.50. The Kier molecular flexibility index (Phi) is 6.53. The van der Waals surface area contributed by atoms with Crippen molar-refractivity contribution in [2.24, 2.45) is 17.8 Å². The molecule has 5 nitrogen and oxygen atoms in total. The summed E-state index contributed by atoms with van der Waals surface area (Å²) in [5, 5.41) is 10.4. The Hall–Kier alpha value is -2.58. The molecule has 0 aromatic heterocycles. The third kappa shape index (κ3) is 4.63. The largest absolute Gasteiger partial charge is 0.462 e. The first-order valence-corrected chi connectivity index (χ1v) is 9.71. The molecule has 2 fully saturated rings. The molecule has 1 saturated heterocycles. The lowest BCUT2D eigenvalue weighted by Crippen LogP contribution is -2.25. The number of benzene rings is 1. The maximum absolute atomic E-state index is 12.5. The highest BCUT2D eigenvalue weighted by Gasteiger charge is 2.50. The minimum Gasteiger partial charge on any atom is -0.462 e. The lowest BCUT2D eigenvalue weighted by Gasteiger charge is -2.21. The van der Waals surface area contributed by atoms with Crippen molar-refractivity contribution < 1.29 is 24.2 Å². The van der Waals surface area contributed by atoms with Crippen LogP contribution in [0.4, 0.5) is 0 Å². The first-order chi connectivity index (χ1) is 13.5. The number of rotatable bonds is 6. The molecule has 1 unspecified atom stereocenters. The Labute approximate surface area is 165 Å². The van der Waals surface area contributed by atoms with Crippen LogP contribution in [0.15, 0.2) is 42.5 Å². The molecule has 1 aliphatic heterocycles. The summed E-state index contributed by atoms with van der Waals surface area (Å²) in [5.74, 6) is 5.00. The van der Waals surface area contributed by atoms with E-state index in [1.54, 1.807) is 37.3 Å². The smallest absolute Gasteiger partial charge is 0.338 e. The number of hydrogen-bond acceptors (Lipinski definition) is 5. The Morgan fingerprint density at radius 3 is 2.86 bits per heavy atom. The molecule has 1 aliphatic carbocycles. The highest BCUT2D eigenvalue weighted by Crippen LogP contribution is 2.43. The topological polar surface area (TPSA) is 72.8 Å². The van der Waals surface area contributed by atoms with E-state index in [1.165, 1.54) is 0 Å². The van der Waals surface area contributed by atoms with Gasteiger partial charge in [0, 0.05) is 24.7 Å². The van der Waals surface area contributed by atoms with Gasteiger partial charge in [0.2, 0.25) is 0 Å². The van der Waals surface area contributed by atoms with E-state index in [9.17, 15) is 14.7 Å². The molecule has 0 bridgehead atoms. The molecule has 1 aromatic carbocycles. The van der Waals surface area contributed by atoms with Gasteiger partial charge in [-0.1, -0.05) is 37.3 Å². The number of aliphatic hydroxyl groups excluding tert-OH is 1. The fourth-order valence-corrected chi connectivity index (χ4v) is 3.89. The van der Waals surface area contributed by atoms with Crippen molar-refractivity contribution in [2.75, 3.05) is 0 Å². The van der Waals surface area contributed by atoms with Crippen LogP contribution in [0.1, 0.15) is 43.5 Å². The van der Waals surface area contributed by atoms with Gasteiger partial charge in [-0.3, -0.25) is 4.79 Å². The van der Waals surface area contributed by atoms with Gasteiger partial charge >= 0.3 is 11.9 Å². The molecule has 1 saturated carbocycles. The second-order valence-corrected chi connectivity index (χ2v) is 7.50. The van der Waals surface area contributed by atoms with Crippen molar-refractivity contribution >= 4 is 11.9 Å². The molecule has 0 radical (unpaired) electrons. The van der Waals surface area contributed by atoms with Crippen LogP contribution in [0.3, 0.4) is 0 Å². The minimum absolute atomic E-state index is 0.00678. The normalized spacial score (nSPS) is 28.2. The van der Waals surface area contributed by atoms with Gasteiger partial charge in [-0.25, -0.2) is 4.79 Å². The van der Waals surface area contributed by atoms with E-state index in [0.29, 0.717) is 24.8 Å². The first kappa shape index (κ1) is 20.2. The van der Waals surface area contributed by atoms with Crippen molar-refractivity contribution in [1.82, 2.24) is 0 Å². The van der Waals surface area contributed by atoms with E-state index in [4.69, 9.17) is 9.47 Å². The zero-order valence-electron chi connectivity index (χ0n) is 16.2. The van der Waals surface area contributed by atoms with Gasteiger partial charge in [0.15, 0.2) is 0 Å². The number of aliphatic hydroxyl groups is 1. The summed E-state index contributed by atoms with van der Waals surface area (Å²) in [6.07, 6.45) is 3.75. The summed E-state index contributed by atoms with van der Waals surface area (Å²) in [7, 11) is 0. The van der Waals surface area contributed by atoms with Crippen LogP contribution in [-0.2, 0) is 14.3 Å². The quantitative estimate of drug-likeness (QED) is 0.465. The molecule has 2 aliphatic rings. The van der Waals surface area contributed by atoms with Crippen LogP contribution in [0, 0.1) is 29.6 Å². The number of ether oxygens (including phenoxy) is 2. The second kappa shape index (κ2) is 9.07. The highest BCUT2D eigenvalue weighted by atomic mass is 16.6. The molecule has 1 aromatic rings. The summed E-state index contributed by atoms with van der Waals surface area (Å²) < 4.78 is 11.1. The van der Waals surface area contributed by atoms with Crippen molar-refractivity contribution in [3.05, 3.63) is 48.0 Å². The van der Waals surface area contributed by atoms with E-state index in [1.807, 2.05) is 19.1 Å². The van der Waals surface area contributed by atoms with Crippen molar-refractivity contribution in [3.63, 3.8) is 0 Å². The van der Waals surface area contributed by atoms with E-state index < -0.39 is 6.10 Å². The third-order valence-electron chi connectivity index (χ3n) is 5.53. The summed E-state index contributed by atoms with van der Waals surface area (Å²) in [4.78, 5) is 24.2. The standard InChI is InChI=1S/C23H26O5/c1-3-4-8-15(2)19(24)12-11-17-18-13-22(25)27-21(18)14-20(17)28-23(26)16-9-6-5-7-10-16/h5-7,9-12,15,17-21,24H,8,13-14H2,1-2H3/b12-11+/t15?,17-,18-,19-,20-,21+/m1/s1. The van der Waals surface area contributed by atoms with Gasteiger partial charge in [-0.15, -0.1) is 11.8 Å². The molecule has 28 heavy (non-hydrogen) atoms.